The van der Waals surface area contributed by atoms with Gasteiger partial charge in [0.1, 0.15) is 17.2 Å². The number of nitrogens with one attached hydrogen (secondary N) is 1. The first-order valence-corrected chi connectivity index (χ1v) is 10.7. The maximum absolute atomic E-state index is 13.0. The smallest absolute Gasteiger partial charge is 0.322 e. The number of likely N-dealkylation sites (tertiary alicyclic amines) is 1. The fourth-order valence-electron chi connectivity index (χ4n) is 4.44. The molecule has 1 N–H and O–H groups in total. The number of hydrogen-bond acceptors (Lipinski definition) is 4. The van der Waals surface area contributed by atoms with Crippen molar-refractivity contribution in [2.75, 3.05) is 26.1 Å². The second kappa shape index (κ2) is 9.28. The third-order valence-corrected chi connectivity index (χ3v) is 6.02. The minimum atomic E-state index is -0.105. The molecular weight excluding hydrogens is 380 g/mol. The molecule has 2 aromatic carbocycles. The maximum Gasteiger partial charge on any atom is 0.322 e. The van der Waals surface area contributed by atoms with Crippen LogP contribution in [0.3, 0.4) is 0 Å². The molecule has 1 atom stereocenters. The molecule has 2 amide bonds. The number of anilines is 1. The summed E-state index contributed by atoms with van der Waals surface area (Å²) in [5.74, 6) is 2.39. The Bertz CT molecular complexity index is 862. The Morgan fingerprint density at radius 3 is 2.37 bits per heavy atom. The van der Waals surface area contributed by atoms with Crippen LogP contribution in [0.4, 0.5) is 10.5 Å². The second-order valence-electron chi connectivity index (χ2n) is 7.94. The van der Waals surface area contributed by atoms with E-state index in [1.807, 2.05) is 47.4 Å². The molecular formula is C24H30N2O4. The van der Waals surface area contributed by atoms with Crippen molar-refractivity contribution in [2.24, 2.45) is 0 Å². The van der Waals surface area contributed by atoms with E-state index in [0.29, 0.717) is 12.6 Å². The average molecular weight is 411 g/mol. The highest BCUT2D eigenvalue weighted by Crippen LogP contribution is 2.39. The summed E-state index contributed by atoms with van der Waals surface area (Å²) < 4.78 is 16.9. The number of ether oxygens (including phenoxy) is 3. The summed E-state index contributed by atoms with van der Waals surface area (Å²) in [6.45, 7) is 0.708. The fourth-order valence-corrected chi connectivity index (χ4v) is 4.44. The first-order chi connectivity index (χ1) is 14.7. The molecule has 1 saturated heterocycles. The van der Waals surface area contributed by atoms with Crippen molar-refractivity contribution >= 4 is 11.7 Å². The molecule has 1 aliphatic heterocycles. The van der Waals surface area contributed by atoms with E-state index in [2.05, 4.69) is 5.32 Å². The zero-order valence-electron chi connectivity index (χ0n) is 17.7. The number of benzene rings is 2. The van der Waals surface area contributed by atoms with Gasteiger partial charge in [-0.05, 0) is 81.0 Å². The lowest BCUT2D eigenvalue weighted by atomic mass is 10.0. The molecule has 0 spiro atoms. The molecule has 2 fully saturated rings. The zero-order chi connectivity index (χ0) is 20.9. The molecule has 2 aliphatic rings. The van der Waals surface area contributed by atoms with Crippen molar-refractivity contribution in [1.82, 2.24) is 4.90 Å². The van der Waals surface area contributed by atoms with Crippen LogP contribution < -0.4 is 19.5 Å². The Morgan fingerprint density at radius 1 is 0.933 bits per heavy atom. The third-order valence-electron chi connectivity index (χ3n) is 6.02. The van der Waals surface area contributed by atoms with Crippen molar-refractivity contribution in [2.45, 2.75) is 50.7 Å². The van der Waals surface area contributed by atoms with Gasteiger partial charge < -0.3 is 24.4 Å². The van der Waals surface area contributed by atoms with E-state index < -0.39 is 0 Å². The summed E-state index contributed by atoms with van der Waals surface area (Å²) >= 11 is 0. The van der Waals surface area contributed by atoms with E-state index >= 15 is 0 Å². The molecule has 1 heterocycles. The van der Waals surface area contributed by atoms with Crippen LogP contribution in [0.15, 0.2) is 42.5 Å². The Labute approximate surface area is 178 Å². The molecule has 2 aromatic rings. The molecule has 1 unspecified atom stereocenters. The van der Waals surface area contributed by atoms with Gasteiger partial charge in [0.15, 0.2) is 0 Å². The molecule has 1 saturated carbocycles. The van der Waals surface area contributed by atoms with Crippen molar-refractivity contribution in [3.63, 3.8) is 0 Å². The summed E-state index contributed by atoms with van der Waals surface area (Å²) in [6.07, 6.45) is 6.92. The topological polar surface area (TPSA) is 60.0 Å². The van der Waals surface area contributed by atoms with Crippen LogP contribution in [0.25, 0.3) is 0 Å². The third kappa shape index (κ3) is 4.48. The van der Waals surface area contributed by atoms with Crippen LogP contribution in [-0.4, -0.2) is 37.8 Å². The summed E-state index contributed by atoms with van der Waals surface area (Å²) in [5, 5.41) is 3.03. The second-order valence-corrected chi connectivity index (χ2v) is 7.94. The largest absolute Gasteiger partial charge is 0.497 e. The summed E-state index contributed by atoms with van der Waals surface area (Å²) in [5.41, 5.74) is 1.74. The summed E-state index contributed by atoms with van der Waals surface area (Å²) in [7, 11) is 3.30. The van der Waals surface area contributed by atoms with E-state index in [-0.39, 0.29) is 12.1 Å². The molecule has 0 radical (unpaired) electrons. The zero-order valence-corrected chi connectivity index (χ0v) is 17.7. The predicted molar refractivity (Wildman–Crippen MR) is 117 cm³/mol. The predicted octanol–water partition coefficient (Wildman–Crippen LogP) is 5.39. The number of nitrogens with zero attached hydrogens (tertiary/aromatic N) is 1. The summed E-state index contributed by atoms with van der Waals surface area (Å²) in [4.78, 5) is 14.9. The van der Waals surface area contributed by atoms with Gasteiger partial charge in [0.25, 0.3) is 0 Å². The van der Waals surface area contributed by atoms with E-state index in [0.717, 1.165) is 54.2 Å². The van der Waals surface area contributed by atoms with Crippen molar-refractivity contribution in [3.05, 3.63) is 48.0 Å². The van der Waals surface area contributed by atoms with E-state index in [4.69, 9.17) is 14.2 Å². The van der Waals surface area contributed by atoms with Crippen LogP contribution in [0.1, 0.15) is 50.1 Å². The van der Waals surface area contributed by atoms with Gasteiger partial charge in [0, 0.05) is 17.8 Å². The maximum atomic E-state index is 13.0. The highest BCUT2D eigenvalue weighted by Gasteiger charge is 2.32. The van der Waals surface area contributed by atoms with Gasteiger partial charge in [-0.1, -0.05) is 0 Å². The standard InChI is InChI=1S/C24H30N2O4/c1-28-20-13-14-23(29-2)21(16-20)22-8-5-15-26(22)24(27)25-17-9-11-19(12-10-17)30-18-6-3-4-7-18/h9-14,16,18,22H,3-8,15H2,1-2H3,(H,25,27). The Morgan fingerprint density at radius 2 is 1.67 bits per heavy atom. The molecule has 1 aliphatic carbocycles. The van der Waals surface area contributed by atoms with Crippen molar-refractivity contribution < 1.29 is 19.0 Å². The minimum Gasteiger partial charge on any atom is -0.497 e. The van der Waals surface area contributed by atoms with Gasteiger partial charge in [0.2, 0.25) is 0 Å². The molecule has 6 heteroatoms. The van der Waals surface area contributed by atoms with Crippen LogP contribution in [0.2, 0.25) is 0 Å². The fraction of sp³-hybridized carbons (Fsp3) is 0.458. The number of carbonyl (C=O) groups is 1. The molecule has 160 valence electrons. The van der Waals surface area contributed by atoms with E-state index in [9.17, 15) is 4.79 Å². The molecule has 4 rings (SSSR count). The number of carbonyl (C=O) groups excluding carboxylic acids is 1. The lowest BCUT2D eigenvalue weighted by molar-refractivity contribution is 0.205. The van der Waals surface area contributed by atoms with E-state index in [1.54, 1.807) is 14.2 Å². The lowest BCUT2D eigenvalue weighted by Crippen LogP contribution is -2.34. The first kappa shape index (κ1) is 20.4. The number of hydrogen-bond donors (Lipinski definition) is 1. The molecule has 30 heavy (non-hydrogen) atoms. The Kier molecular flexibility index (Phi) is 6.31. The Balaban J connectivity index is 1.44. The number of urea groups is 1. The van der Waals surface area contributed by atoms with Gasteiger partial charge in [-0.25, -0.2) is 4.79 Å². The number of rotatable bonds is 6. The van der Waals surface area contributed by atoms with Crippen LogP contribution >= 0.6 is 0 Å². The molecule has 0 bridgehead atoms. The van der Waals surface area contributed by atoms with Gasteiger partial charge >= 0.3 is 6.03 Å². The SMILES string of the molecule is COc1ccc(OC)c(C2CCCN2C(=O)Nc2ccc(OC3CCCC3)cc2)c1. The van der Waals surface area contributed by atoms with E-state index in [1.165, 1.54) is 12.8 Å². The van der Waals surface area contributed by atoms with Crippen molar-refractivity contribution in [1.29, 1.82) is 0 Å². The van der Waals surface area contributed by atoms with Gasteiger partial charge in [-0.15, -0.1) is 0 Å². The highest BCUT2D eigenvalue weighted by molar-refractivity contribution is 5.90. The quantitative estimate of drug-likeness (QED) is 0.693. The highest BCUT2D eigenvalue weighted by atomic mass is 16.5. The number of methoxy groups -OCH3 is 2. The van der Waals surface area contributed by atoms with Crippen LogP contribution in [0.5, 0.6) is 17.2 Å². The number of amides is 2. The lowest BCUT2D eigenvalue weighted by Gasteiger charge is -2.27. The molecule has 0 aromatic heterocycles. The van der Waals surface area contributed by atoms with Crippen LogP contribution in [0, 0.1) is 0 Å². The Hall–Kier alpha value is -2.89. The average Bonchev–Trinajstić information content (AvgIpc) is 3.46. The van der Waals surface area contributed by atoms with Gasteiger partial charge in [-0.3, -0.25) is 0 Å². The normalized spacial score (nSPS) is 19.0. The first-order valence-electron chi connectivity index (χ1n) is 10.7. The summed E-state index contributed by atoms with van der Waals surface area (Å²) in [6, 6.07) is 13.2. The van der Waals surface area contributed by atoms with Gasteiger partial charge in [0.05, 0.1) is 26.4 Å². The minimum absolute atomic E-state index is 0.0416. The molecule has 6 nitrogen and oxygen atoms in total. The van der Waals surface area contributed by atoms with Crippen LogP contribution in [-0.2, 0) is 0 Å². The van der Waals surface area contributed by atoms with Crippen molar-refractivity contribution in [3.8, 4) is 17.2 Å². The van der Waals surface area contributed by atoms with Gasteiger partial charge in [-0.2, -0.15) is 0 Å². The monoisotopic (exact) mass is 410 g/mol.